The normalized spacial score (nSPS) is 20.5. The number of rotatable bonds is 2. The minimum atomic E-state index is -0.324. The molecule has 1 aliphatic rings. The van der Waals surface area contributed by atoms with Gasteiger partial charge < -0.3 is 14.6 Å². The molecule has 1 N–H and O–H groups in total. The number of hydrogen-bond donors (Lipinski definition) is 1. The topological polar surface area (TPSA) is 43.3 Å². The Labute approximate surface area is 130 Å². The van der Waals surface area contributed by atoms with Gasteiger partial charge in [-0.15, -0.1) is 6.58 Å². The number of aryl methyl sites for hydroxylation is 1. The van der Waals surface area contributed by atoms with Gasteiger partial charge in [0, 0.05) is 30.2 Å². The number of para-hydroxylation sites is 1. The fraction of sp³-hybridized carbons (Fsp3) is 0.278. The lowest BCUT2D eigenvalue weighted by atomic mass is 9.99. The van der Waals surface area contributed by atoms with Gasteiger partial charge in [0.2, 0.25) is 0 Å². The largest absolute Gasteiger partial charge is 0.466 e. The molecular formula is C18H20N2O2. The van der Waals surface area contributed by atoms with Crippen LogP contribution in [0.25, 0.3) is 17.0 Å². The van der Waals surface area contributed by atoms with Gasteiger partial charge in [0.15, 0.2) is 0 Å². The van der Waals surface area contributed by atoms with E-state index in [2.05, 4.69) is 28.6 Å². The Hall–Kier alpha value is -2.33. The standard InChI is InChI=1S/C18H20N2O2/c1-4-15-14(18(21)22-3)11-17-13(9-10-19-15)12-7-5-6-8-16(12)20(17)2/h4-8,11,15,19H,1,9-10H2,2-3H3/b14-11+. The quantitative estimate of drug-likeness (QED) is 0.684. The molecule has 0 aliphatic carbocycles. The molecule has 1 aromatic heterocycles. The van der Waals surface area contributed by atoms with E-state index in [4.69, 9.17) is 4.74 Å². The highest BCUT2D eigenvalue weighted by molar-refractivity contribution is 5.97. The first-order valence-corrected chi connectivity index (χ1v) is 7.39. The summed E-state index contributed by atoms with van der Waals surface area (Å²) in [5.74, 6) is -0.324. The van der Waals surface area contributed by atoms with Crippen molar-refractivity contribution < 1.29 is 9.53 Å². The van der Waals surface area contributed by atoms with E-state index in [1.807, 2.05) is 25.3 Å². The average Bonchev–Trinajstić information content (AvgIpc) is 2.78. The monoisotopic (exact) mass is 296 g/mol. The number of esters is 1. The maximum Gasteiger partial charge on any atom is 0.335 e. The smallest absolute Gasteiger partial charge is 0.335 e. The molecule has 0 saturated heterocycles. The second kappa shape index (κ2) is 5.81. The molecule has 0 amide bonds. The number of benzene rings is 1. The summed E-state index contributed by atoms with van der Waals surface area (Å²) in [5.41, 5.74) is 4.08. The third-order valence-electron chi connectivity index (χ3n) is 4.28. The van der Waals surface area contributed by atoms with Gasteiger partial charge in [0.05, 0.1) is 18.7 Å². The summed E-state index contributed by atoms with van der Waals surface area (Å²) in [6, 6.07) is 8.12. The summed E-state index contributed by atoms with van der Waals surface area (Å²) in [6.07, 6.45) is 4.59. The zero-order chi connectivity index (χ0) is 15.7. The molecule has 114 valence electrons. The molecule has 1 unspecified atom stereocenters. The van der Waals surface area contributed by atoms with Crippen LogP contribution < -0.4 is 5.32 Å². The number of hydrogen-bond acceptors (Lipinski definition) is 3. The Morgan fingerprint density at radius 3 is 2.95 bits per heavy atom. The maximum absolute atomic E-state index is 12.1. The van der Waals surface area contributed by atoms with Crippen LogP contribution in [0.4, 0.5) is 0 Å². The van der Waals surface area contributed by atoms with Gasteiger partial charge in [0.1, 0.15) is 0 Å². The van der Waals surface area contributed by atoms with Gasteiger partial charge in [-0.3, -0.25) is 0 Å². The number of ether oxygens (including phenoxy) is 1. The van der Waals surface area contributed by atoms with E-state index in [-0.39, 0.29) is 12.0 Å². The summed E-state index contributed by atoms with van der Waals surface area (Å²) in [7, 11) is 3.44. The number of aromatic nitrogens is 1. The van der Waals surface area contributed by atoms with E-state index in [1.54, 1.807) is 6.08 Å². The van der Waals surface area contributed by atoms with Crippen LogP contribution in [0.3, 0.4) is 0 Å². The summed E-state index contributed by atoms with van der Waals surface area (Å²) in [5, 5.41) is 4.59. The first kappa shape index (κ1) is 14.6. The van der Waals surface area contributed by atoms with Crippen LogP contribution in [0.5, 0.6) is 0 Å². The summed E-state index contributed by atoms with van der Waals surface area (Å²) in [4.78, 5) is 12.1. The number of carbonyl (C=O) groups is 1. The third kappa shape index (κ3) is 2.25. The zero-order valence-corrected chi connectivity index (χ0v) is 12.9. The highest BCUT2D eigenvalue weighted by Gasteiger charge is 2.24. The van der Waals surface area contributed by atoms with E-state index < -0.39 is 0 Å². The Morgan fingerprint density at radius 2 is 2.23 bits per heavy atom. The van der Waals surface area contributed by atoms with Crippen molar-refractivity contribution in [1.29, 1.82) is 0 Å². The number of fused-ring (bicyclic) bond motifs is 3. The van der Waals surface area contributed by atoms with Crippen LogP contribution in [-0.4, -0.2) is 30.2 Å². The molecule has 0 spiro atoms. The van der Waals surface area contributed by atoms with Crippen molar-refractivity contribution in [1.82, 2.24) is 9.88 Å². The predicted molar refractivity (Wildman–Crippen MR) is 88.6 cm³/mol. The van der Waals surface area contributed by atoms with Crippen molar-refractivity contribution >= 4 is 22.9 Å². The van der Waals surface area contributed by atoms with Crippen LogP contribution in [0.15, 0.2) is 42.5 Å². The number of nitrogens with one attached hydrogen (secondary N) is 1. The Bertz CT molecular complexity index is 771. The van der Waals surface area contributed by atoms with Gasteiger partial charge in [-0.25, -0.2) is 4.79 Å². The van der Waals surface area contributed by atoms with Crippen LogP contribution >= 0.6 is 0 Å². The third-order valence-corrected chi connectivity index (χ3v) is 4.28. The number of nitrogens with zero attached hydrogens (tertiary/aromatic N) is 1. The van der Waals surface area contributed by atoms with Gasteiger partial charge in [-0.2, -0.15) is 0 Å². The van der Waals surface area contributed by atoms with Crippen molar-refractivity contribution in [2.75, 3.05) is 13.7 Å². The molecule has 0 fully saturated rings. The molecule has 1 aromatic carbocycles. The van der Waals surface area contributed by atoms with Crippen molar-refractivity contribution in [3.05, 3.63) is 53.8 Å². The molecule has 0 radical (unpaired) electrons. The van der Waals surface area contributed by atoms with Crippen molar-refractivity contribution in [2.45, 2.75) is 12.5 Å². The van der Waals surface area contributed by atoms with Crippen molar-refractivity contribution in [2.24, 2.45) is 7.05 Å². The van der Waals surface area contributed by atoms with E-state index >= 15 is 0 Å². The second-order valence-electron chi connectivity index (χ2n) is 5.45. The molecule has 2 heterocycles. The molecule has 0 saturated carbocycles. The van der Waals surface area contributed by atoms with Gasteiger partial charge in [-0.1, -0.05) is 24.3 Å². The lowest BCUT2D eigenvalue weighted by Gasteiger charge is -2.20. The number of methoxy groups -OCH3 is 1. The van der Waals surface area contributed by atoms with Gasteiger partial charge in [0.25, 0.3) is 0 Å². The molecule has 4 nitrogen and oxygen atoms in total. The molecule has 3 rings (SSSR count). The Kier molecular flexibility index (Phi) is 3.86. The fourth-order valence-corrected chi connectivity index (χ4v) is 3.15. The average molecular weight is 296 g/mol. The lowest BCUT2D eigenvalue weighted by molar-refractivity contribution is -0.136. The first-order chi connectivity index (χ1) is 10.7. The molecule has 0 bridgehead atoms. The van der Waals surface area contributed by atoms with Gasteiger partial charge in [-0.05, 0) is 24.1 Å². The lowest BCUT2D eigenvalue weighted by Crippen LogP contribution is -2.35. The first-order valence-electron chi connectivity index (χ1n) is 7.39. The predicted octanol–water partition coefficient (Wildman–Crippen LogP) is 2.44. The molecule has 1 atom stereocenters. The molecule has 1 aliphatic heterocycles. The Balaban J connectivity index is 2.27. The SMILES string of the molecule is C=CC1NCCc2c(n(C)c3ccccc23)/C=C\1C(=O)OC. The summed E-state index contributed by atoms with van der Waals surface area (Å²) in [6.45, 7) is 4.61. The minimum absolute atomic E-state index is 0.196. The van der Waals surface area contributed by atoms with Crippen LogP contribution in [-0.2, 0) is 23.0 Å². The molecule has 4 heteroatoms. The van der Waals surface area contributed by atoms with E-state index in [9.17, 15) is 4.79 Å². The van der Waals surface area contributed by atoms with E-state index in [0.717, 1.165) is 18.7 Å². The summed E-state index contributed by atoms with van der Waals surface area (Å²) >= 11 is 0. The summed E-state index contributed by atoms with van der Waals surface area (Å²) < 4.78 is 7.08. The fourth-order valence-electron chi connectivity index (χ4n) is 3.15. The molecular weight excluding hydrogens is 276 g/mol. The Morgan fingerprint density at radius 1 is 1.45 bits per heavy atom. The van der Waals surface area contributed by atoms with Crippen molar-refractivity contribution in [3.8, 4) is 0 Å². The highest BCUT2D eigenvalue weighted by Crippen LogP contribution is 2.29. The minimum Gasteiger partial charge on any atom is -0.466 e. The van der Waals surface area contributed by atoms with Gasteiger partial charge >= 0.3 is 5.97 Å². The van der Waals surface area contributed by atoms with Crippen LogP contribution in [0.2, 0.25) is 0 Å². The second-order valence-corrected chi connectivity index (χ2v) is 5.45. The van der Waals surface area contributed by atoms with Crippen LogP contribution in [0, 0.1) is 0 Å². The molecule has 2 aromatic rings. The molecule has 22 heavy (non-hydrogen) atoms. The maximum atomic E-state index is 12.1. The number of carbonyl (C=O) groups excluding carboxylic acids is 1. The van der Waals surface area contributed by atoms with E-state index in [1.165, 1.54) is 23.6 Å². The zero-order valence-electron chi connectivity index (χ0n) is 12.9. The van der Waals surface area contributed by atoms with Crippen LogP contribution in [0.1, 0.15) is 11.3 Å². The van der Waals surface area contributed by atoms with Crippen molar-refractivity contribution in [3.63, 3.8) is 0 Å². The van der Waals surface area contributed by atoms with E-state index in [0.29, 0.717) is 5.57 Å². The highest BCUT2D eigenvalue weighted by atomic mass is 16.5.